The molecule has 0 aliphatic carbocycles. The van der Waals surface area contributed by atoms with Gasteiger partial charge in [0.25, 0.3) is 0 Å². The van der Waals surface area contributed by atoms with Gasteiger partial charge in [-0.25, -0.2) is 15.0 Å². The summed E-state index contributed by atoms with van der Waals surface area (Å²) in [6.07, 6.45) is 1.85. The van der Waals surface area contributed by atoms with Gasteiger partial charge in [-0.15, -0.1) is 11.3 Å². The van der Waals surface area contributed by atoms with Crippen molar-refractivity contribution in [1.82, 2.24) is 29.1 Å². The fourth-order valence-corrected chi connectivity index (χ4v) is 10.3. The molecular weight excluding hydrogens is 789 g/mol. The van der Waals surface area contributed by atoms with Gasteiger partial charge in [-0.3, -0.25) is 14.1 Å². The van der Waals surface area contributed by atoms with Crippen molar-refractivity contribution < 1.29 is 0 Å². The first-order valence-corrected chi connectivity index (χ1v) is 21.9. The van der Waals surface area contributed by atoms with Crippen LogP contribution in [-0.4, -0.2) is 29.1 Å². The minimum Gasteiger partial charge on any atom is -0.294 e. The second kappa shape index (κ2) is 14.2. The van der Waals surface area contributed by atoms with E-state index in [0.29, 0.717) is 5.95 Å². The Bertz CT molecular complexity index is 3860. The van der Waals surface area contributed by atoms with Crippen molar-refractivity contribution in [3.8, 4) is 56.5 Å². The predicted molar refractivity (Wildman–Crippen MR) is 261 cm³/mol. The topological polar surface area (TPSA) is 61.4 Å². The molecule has 63 heavy (non-hydrogen) atoms. The summed E-state index contributed by atoms with van der Waals surface area (Å²) in [4.78, 5) is 20.4. The third kappa shape index (κ3) is 5.78. The average molecular weight is 823 g/mol. The summed E-state index contributed by atoms with van der Waals surface area (Å²) in [5.41, 5.74) is 14.6. The normalized spacial score (nSPS) is 11.8. The highest BCUT2D eigenvalue weighted by molar-refractivity contribution is 7.25. The van der Waals surface area contributed by atoms with Crippen LogP contribution >= 0.6 is 11.3 Å². The van der Waals surface area contributed by atoms with E-state index in [4.69, 9.17) is 19.9 Å². The lowest BCUT2D eigenvalue weighted by Gasteiger charge is -2.12. The Morgan fingerprint density at radius 2 is 0.905 bits per heavy atom. The van der Waals surface area contributed by atoms with Gasteiger partial charge < -0.3 is 0 Å². The number of hydrogen-bond acceptors (Lipinski definition) is 5. The van der Waals surface area contributed by atoms with Crippen LogP contribution in [0, 0.1) is 0 Å². The van der Waals surface area contributed by atoms with Gasteiger partial charge in [-0.05, 0) is 89.0 Å². The summed E-state index contributed by atoms with van der Waals surface area (Å²) in [6, 6.07) is 70.9. The van der Waals surface area contributed by atoms with Crippen LogP contribution in [-0.2, 0) is 0 Å². The van der Waals surface area contributed by atoms with E-state index in [2.05, 4.69) is 191 Å². The van der Waals surface area contributed by atoms with Crippen molar-refractivity contribution in [3.05, 3.63) is 206 Å². The first kappa shape index (κ1) is 35.5. The van der Waals surface area contributed by atoms with E-state index in [-0.39, 0.29) is 0 Å². The van der Waals surface area contributed by atoms with E-state index in [1.165, 1.54) is 10.8 Å². The lowest BCUT2D eigenvalue weighted by atomic mass is 9.97. The third-order valence-electron chi connectivity index (χ3n) is 12.2. The van der Waals surface area contributed by atoms with Crippen LogP contribution in [0.25, 0.3) is 121 Å². The third-order valence-corrected chi connectivity index (χ3v) is 13.3. The fraction of sp³-hybridized carbons (Fsp3) is 0. The first-order chi connectivity index (χ1) is 31.2. The lowest BCUT2D eigenvalue weighted by molar-refractivity contribution is 0.996. The van der Waals surface area contributed by atoms with Crippen molar-refractivity contribution in [3.63, 3.8) is 0 Å². The molecule has 0 unspecified atom stereocenters. The standard InChI is InChI=1S/C56H34N6S/c1-3-13-35(14-4-1)45-34-46(36-15-5-2-6-16-36)59-56(58-45)62-48-22-10-7-19-41(48)43-26-24-40(33-50(43)62)38-18-11-17-37(31-38)39-25-27-49-44(32-39)42-20-8-9-21-47(42)61(49)53-29-28-52-55(60-53)54-51(63-52)23-12-30-57-54/h1-34H. The van der Waals surface area contributed by atoms with Crippen LogP contribution in [0.5, 0.6) is 0 Å². The van der Waals surface area contributed by atoms with Gasteiger partial charge in [0, 0.05) is 38.9 Å². The van der Waals surface area contributed by atoms with Gasteiger partial charge in [0.2, 0.25) is 5.95 Å². The van der Waals surface area contributed by atoms with Gasteiger partial charge >= 0.3 is 0 Å². The summed E-state index contributed by atoms with van der Waals surface area (Å²) in [5, 5.41) is 4.68. The molecule has 0 amide bonds. The number of thiophene rings is 1. The maximum Gasteiger partial charge on any atom is 0.235 e. The molecule has 6 aromatic heterocycles. The predicted octanol–water partition coefficient (Wildman–Crippen LogP) is 14.5. The number of fused-ring (bicyclic) bond motifs is 9. The molecule has 0 saturated heterocycles. The summed E-state index contributed by atoms with van der Waals surface area (Å²) >= 11 is 1.73. The quantitative estimate of drug-likeness (QED) is 0.168. The zero-order valence-corrected chi connectivity index (χ0v) is 34.5. The summed E-state index contributed by atoms with van der Waals surface area (Å²) in [7, 11) is 0. The molecule has 0 bridgehead atoms. The number of rotatable bonds is 6. The molecule has 13 rings (SSSR count). The summed E-state index contributed by atoms with van der Waals surface area (Å²) in [6.45, 7) is 0. The minimum atomic E-state index is 0.634. The maximum atomic E-state index is 5.26. The summed E-state index contributed by atoms with van der Waals surface area (Å²) in [5.74, 6) is 1.52. The summed E-state index contributed by atoms with van der Waals surface area (Å²) < 4.78 is 6.80. The van der Waals surface area contributed by atoms with Gasteiger partial charge in [0.05, 0.1) is 42.9 Å². The van der Waals surface area contributed by atoms with Crippen molar-refractivity contribution in [1.29, 1.82) is 0 Å². The molecule has 7 aromatic carbocycles. The zero-order chi connectivity index (χ0) is 41.4. The minimum absolute atomic E-state index is 0.634. The number of aromatic nitrogens is 6. The monoisotopic (exact) mass is 822 g/mol. The highest BCUT2D eigenvalue weighted by Gasteiger charge is 2.19. The largest absolute Gasteiger partial charge is 0.294 e. The Morgan fingerprint density at radius 3 is 1.65 bits per heavy atom. The van der Waals surface area contributed by atoms with E-state index in [0.717, 1.165) is 104 Å². The number of hydrogen-bond donors (Lipinski definition) is 0. The van der Waals surface area contributed by atoms with Crippen LogP contribution in [0.1, 0.15) is 0 Å². The zero-order valence-electron chi connectivity index (χ0n) is 33.7. The SMILES string of the molecule is c1ccc(-c2cc(-c3ccccc3)nc(-n3c4ccccc4c4ccc(-c5cccc(-c6ccc7c(c6)c6ccccc6n7-c6ccc7sc8cccnc8c7n6)c5)cc43)n2)cc1. The van der Waals surface area contributed by atoms with Crippen molar-refractivity contribution in [2.75, 3.05) is 0 Å². The maximum absolute atomic E-state index is 5.26. The Labute approximate surface area is 365 Å². The molecule has 0 aliphatic rings. The van der Waals surface area contributed by atoms with E-state index in [1.807, 2.05) is 24.4 Å². The second-order valence-electron chi connectivity index (χ2n) is 15.9. The highest BCUT2D eigenvalue weighted by atomic mass is 32.1. The van der Waals surface area contributed by atoms with Gasteiger partial charge in [-0.1, -0.05) is 133 Å². The van der Waals surface area contributed by atoms with Crippen LogP contribution in [0.4, 0.5) is 0 Å². The Kier molecular flexibility index (Phi) is 7.98. The number of nitrogens with zero attached hydrogens (tertiary/aromatic N) is 6. The van der Waals surface area contributed by atoms with E-state index >= 15 is 0 Å². The molecule has 0 atom stereocenters. The molecule has 0 aliphatic heterocycles. The Morgan fingerprint density at radius 1 is 0.333 bits per heavy atom. The van der Waals surface area contributed by atoms with Gasteiger partial charge in [0.15, 0.2) is 0 Å². The van der Waals surface area contributed by atoms with Crippen LogP contribution < -0.4 is 0 Å². The van der Waals surface area contributed by atoms with Gasteiger partial charge in [0.1, 0.15) is 16.9 Å². The molecule has 6 nitrogen and oxygen atoms in total. The number of benzene rings is 7. The fourth-order valence-electron chi connectivity index (χ4n) is 9.27. The Balaban J connectivity index is 0.942. The second-order valence-corrected chi connectivity index (χ2v) is 17.0. The molecule has 6 heterocycles. The van der Waals surface area contributed by atoms with Gasteiger partial charge in [-0.2, -0.15) is 0 Å². The Hall–Kier alpha value is -8.26. The van der Waals surface area contributed by atoms with E-state index in [1.54, 1.807) is 11.3 Å². The molecule has 0 saturated carbocycles. The van der Waals surface area contributed by atoms with E-state index < -0.39 is 0 Å². The van der Waals surface area contributed by atoms with Crippen LogP contribution in [0.3, 0.4) is 0 Å². The molecule has 0 radical (unpaired) electrons. The molecule has 0 N–H and O–H groups in total. The van der Waals surface area contributed by atoms with Crippen LogP contribution in [0.15, 0.2) is 206 Å². The first-order valence-electron chi connectivity index (χ1n) is 21.0. The lowest BCUT2D eigenvalue weighted by Crippen LogP contribution is -2.04. The molecule has 0 spiro atoms. The molecule has 7 heteroatoms. The average Bonchev–Trinajstić information content (AvgIpc) is 4.01. The van der Waals surface area contributed by atoms with E-state index in [9.17, 15) is 0 Å². The molecule has 294 valence electrons. The smallest absolute Gasteiger partial charge is 0.235 e. The van der Waals surface area contributed by atoms with Crippen LogP contribution in [0.2, 0.25) is 0 Å². The molecule has 0 fully saturated rings. The number of para-hydroxylation sites is 2. The van der Waals surface area contributed by atoms with Crippen molar-refractivity contribution in [2.24, 2.45) is 0 Å². The van der Waals surface area contributed by atoms with Crippen molar-refractivity contribution in [2.45, 2.75) is 0 Å². The molecular formula is C56H34N6S. The number of pyridine rings is 2. The molecule has 13 aromatic rings. The van der Waals surface area contributed by atoms with Crippen molar-refractivity contribution >= 4 is 75.4 Å². The highest BCUT2D eigenvalue weighted by Crippen LogP contribution is 2.39.